The Kier molecular flexibility index (Phi) is 5.28. The van der Waals surface area contributed by atoms with Crippen LogP contribution in [0.2, 0.25) is 0 Å². The molecule has 1 heterocycles. The molecule has 3 rings (SSSR count). The molecule has 0 aliphatic carbocycles. The predicted octanol–water partition coefficient (Wildman–Crippen LogP) is 3.64. The maximum Gasteiger partial charge on any atom is 0.349 e. The number of methoxy groups -OCH3 is 1. The molecule has 3 aromatic rings. The van der Waals surface area contributed by atoms with Crippen LogP contribution in [-0.2, 0) is 6.42 Å². The highest BCUT2D eigenvalue weighted by molar-refractivity contribution is 6.05. The van der Waals surface area contributed by atoms with E-state index in [-0.39, 0.29) is 11.6 Å². The molecule has 0 saturated carbocycles. The molecule has 6 heteroatoms. The quantitative estimate of drug-likeness (QED) is 0.672. The summed E-state index contributed by atoms with van der Waals surface area (Å²) in [5, 5.41) is 3.39. The molecule has 0 fully saturated rings. The van der Waals surface area contributed by atoms with Crippen molar-refractivity contribution in [3.05, 3.63) is 69.6 Å². The molecule has 2 aromatic carbocycles. The topological polar surface area (TPSA) is 94.6 Å². The zero-order valence-electron chi connectivity index (χ0n) is 15.5. The first-order chi connectivity index (χ1) is 12.9. The van der Waals surface area contributed by atoms with Crippen molar-refractivity contribution < 1.29 is 13.9 Å². The summed E-state index contributed by atoms with van der Waals surface area (Å²) in [6, 6.07) is 12.2. The standard InChI is InChI=1S/C21H22N2O4/c1-4-16-18(26-3)10-7-14-11-17(21(25)27-19(14)16)20(24)23-15-8-5-13(6-9-15)12(2)22/h5-12H,4,22H2,1-3H3,(H,23,24)/t12-/m1/s1. The molecule has 0 bridgehead atoms. The normalized spacial score (nSPS) is 12.0. The Morgan fingerprint density at radius 2 is 1.93 bits per heavy atom. The van der Waals surface area contributed by atoms with E-state index in [4.69, 9.17) is 14.9 Å². The van der Waals surface area contributed by atoms with Gasteiger partial charge >= 0.3 is 5.63 Å². The fourth-order valence-electron chi connectivity index (χ4n) is 2.98. The fraction of sp³-hybridized carbons (Fsp3) is 0.238. The maximum absolute atomic E-state index is 12.6. The van der Waals surface area contributed by atoms with Crippen molar-refractivity contribution in [2.75, 3.05) is 12.4 Å². The minimum atomic E-state index is -0.685. The Labute approximate surface area is 156 Å². The number of benzene rings is 2. The predicted molar refractivity (Wildman–Crippen MR) is 105 cm³/mol. The summed E-state index contributed by atoms with van der Waals surface area (Å²) in [7, 11) is 1.57. The molecule has 1 amide bonds. The number of hydrogen-bond acceptors (Lipinski definition) is 5. The van der Waals surface area contributed by atoms with Crippen molar-refractivity contribution in [2.45, 2.75) is 26.3 Å². The third kappa shape index (κ3) is 3.71. The summed E-state index contributed by atoms with van der Waals surface area (Å²) in [5.41, 5.74) is 7.86. The number of rotatable bonds is 5. The number of fused-ring (bicyclic) bond motifs is 1. The molecule has 0 saturated heterocycles. The summed E-state index contributed by atoms with van der Waals surface area (Å²) in [4.78, 5) is 24.9. The lowest BCUT2D eigenvalue weighted by atomic mass is 10.1. The molecular formula is C21H22N2O4. The minimum Gasteiger partial charge on any atom is -0.496 e. The molecule has 3 N–H and O–H groups in total. The van der Waals surface area contributed by atoms with Crippen LogP contribution in [0.1, 0.15) is 41.4 Å². The molecule has 1 aromatic heterocycles. The van der Waals surface area contributed by atoms with Crippen molar-refractivity contribution in [3.63, 3.8) is 0 Å². The van der Waals surface area contributed by atoms with E-state index in [2.05, 4.69) is 5.32 Å². The molecule has 0 aliphatic rings. The first-order valence-corrected chi connectivity index (χ1v) is 8.75. The fourth-order valence-corrected chi connectivity index (χ4v) is 2.98. The molecule has 27 heavy (non-hydrogen) atoms. The van der Waals surface area contributed by atoms with Gasteiger partial charge in [0.2, 0.25) is 0 Å². The molecular weight excluding hydrogens is 344 g/mol. The minimum absolute atomic E-state index is 0.0500. The highest BCUT2D eigenvalue weighted by Crippen LogP contribution is 2.28. The number of ether oxygens (including phenoxy) is 1. The highest BCUT2D eigenvalue weighted by atomic mass is 16.5. The van der Waals surface area contributed by atoms with Crippen molar-refractivity contribution in [2.24, 2.45) is 5.73 Å². The third-order valence-electron chi connectivity index (χ3n) is 4.47. The van der Waals surface area contributed by atoms with E-state index in [0.29, 0.717) is 28.8 Å². The highest BCUT2D eigenvalue weighted by Gasteiger charge is 2.17. The first kappa shape index (κ1) is 18.7. The third-order valence-corrected chi connectivity index (χ3v) is 4.47. The molecule has 0 aliphatic heterocycles. The Hall–Kier alpha value is -3.12. The number of carbonyl (C=O) groups is 1. The van der Waals surface area contributed by atoms with Crippen LogP contribution >= 0.6 is 0 Å². The molecule has 0 unspecified atom stereocenters. The van der Waals surface area contributed by atoms with Crippen molar-refractivity contribution in [1.82, 2.24) is 0 Å². The largest absolute Gasteiger partial charge is 0.496 e. The van der Waals surface area contributed by atoms with Gasteiger partial charge < -0.3 is 20.2 Å². The van der Waals surface area contributed by atoms with E-state index in [9.17, 15) is 9.59 Å². The molecule has 140 valence electrons. The van der Waals surface area contributed by atoms with Gasteiger partial charge in [-0.05, 0) is 49.2 Å². The lowest BCUT2D eigenvalue weighted by Gasteiger charge is -2.11. The average molecular weight is 366 g/mol. The molecule has 6 nitrogen and oxygen atoms in total. The van der Waals surface area contributed by atoms with Crippen LogP contribution in [-0.4, -0.2) is 13.0 Å². The summed E-state index contributed by atoms with van der Waals surface area (Å²) < 4.78 is 10.8. The monoisotopic (exact) mass is 366 g/mol. The Morgan fingerprint density at radius 3 is 2.52 bits per heavy atom. The number of amides is 1. The van der Waals surface area contributed by atoms with Crippen LogP contribution in [0.5, 0.6) is 5.75 Å². The number of hydrogen-bond donors (Lipinski definition) is 2. The maximum atomic E-state index is 12.6. The zero-order chi connectivity index (χ0) is 19.6. The smallest absolute Gasteiger partial charge is 0.349 e. The van der Waals surface area contributed by atoms with Gasteiger partial charge in [-0.15, -0.1) is 0 Å². The van der Waals surface area contributed by atoms with Crippen LogP contribution < -0.4 is 21.4 Å². The number of aryl methyl sites for hydroxylation is 1. The van der Waals surface area contributed by atoms with Gasteiger partial charge in [-0.25, -0.2) is 4.79 Å². The van der Waals surface area contributed by atoms with E-state index in [1.165, 1.54) is 0 Å². The van der Waals surface area contributed by atoms with Gasteiger partial charge in [0.1, 0.15) is 16.9 Å². The summed E-state index contributed by atoms with van der Waals surface area (Å²) >= 11 is 0. The summed E-state index contributed by atoms with van der Waals surface area (Å²) in [6.07, 6.45) is 0.640. The molecule has 1 atom stereocenters. The van der Waals surface area contributed by atoms with Crippen LogP contribution in [0, 0.1) is 0 Å². The van der Waals surface area contributed by atoms with Gasteiger partial charge in [0.25, 0.3) is 5.91 Å². The van der Waals surface area contributed by atoms with Crippen LogP contribution in [0.3, 0.4) is 0 Å². The van der Waals surface area contributed by atoms with Gasteiger partial charge in [0, 0.05) is 22.7 Å². The second-order valence-electron chi connectivity index (χ2n) is 6.33. The number of carbonyl (C=O) groups excluding carboxylic acids is 1. The van der Waals surface area contributed by atoms with Gasteiger partial charge in [0.15, 0.2) is 0 Å². The van der Waals surface area contributed by atoms with Gasteiger partial charge in [-0.2, -0.15) is 0 Å². The van der Waals surface area contributed by atoms with Gasteiger partial charge in [-0.3, -0.25) is 4.79 Å². The molecule has 0 spiro atoms. The van der Waals surface area contributed by atoms with Crippen molar-refractivity contribution >= 4 is 22.6 Å². The number of nitrogens with two attached hydrogens (primary N) is 1. The van der Waals surface area contributed by atoms with E-state index < -0.39 is 11.5 Å². The Morgan fingerprint density at radius 1 is 1.22 bits per heavy atom. The Balaban J connectivity index is 1.95. The van der Waals surface area contributed by atoms with Gasteiger partial charge in [-0.1, -0.05) is 19.1 Å². The Bertz CT molecular complexity index is 1040. The average Bonchev–Trinajstić information content (AvgIpc) is 2.66. The van der Waals surface area contributed by atoms with E-state index in [1.54, 1.807) is 37.4 Å². The lowest BCUT2D eigenvalue weighted by Crippen LogP contribution is -2.21. The van der Waals surface area contributed by atoms with E-state index in [0.717, 1.165) is 11.1 Å². The summed E-state index contributed by atoms with van der Waals surface area (Å²) in [6.45, 7) is 3.83. The lowest BCUT2D eigenvalue weighted by molar-refractivity contribution is 0.102. The number of nitrogens with one attached hydrogen (secondary N) is 1. The van der Waals surface area contributed by atoms with E-state index in [1.807, 2.05) is 26.0 Å². The second kappa shape index (κ2) is 7.63. The summed E-state index contributed by atoms with van der Waals surface area (Å²) in [5.74, 6) is 0.132. The second-order valence-corrected chi connectivity index (χ2v) is 6.33. The number of anilines is 1. The molecule has 0 radical (unpaired) electrons. The van der Waals surface area contributed by atoms with E-state index >= 15 is 0 Å². The first-order valence-electron chi connectivity index (χ1n) is 8.75. The SMILES string of the molecule is CCc1c(OC)ccc2cc(C(=O)Nc3ccc([C@@H](C)N)cc3)c(=O)oc12. The van der Waals surface area contributed by atoms with Crippen molar-refractivity contribution in [3.8, 4) is 5.75 Å². The van der Waals surface area contributed by atoms with Gasteiger partial charge in [0.05, 0.1) is 7.11 Å². The van der Waals surface area contributed by atoms with Crippen molar-refractivity contribution in [1.29, 1.82) is 0 Å². The van der Waals surface area contributed by atoms with Crippen LogP contribution in [0.15, 0.2) is 51.7 Å². The van der Waals surface area contributed by atoms with Crippen LogP contribution in [0.25, 0.3) is 11.0 Å². The van der Waals surface area contributed by atoms with Crippen LogP contribution in [0.4, 0.5) is 5.69 Å². The zero-order valence-corrected chi connectivity index (χ0v) is 15.5.